The van der Waals surface area contributed by atoms with E-state index in [0.29, 0.717) is 11.6 Å². The Labute approximate surface area is 81.0 Å². The molecule has 0 bridgehead atoms. The van der Waals surface area contributed by atoms with Crippen LogP contribution < -0.4 is 11.5 Å². The van der Waals surface area contributed by atoms with E-state index in [-0.39, 0.29) is 11.9 Å². The summed E-state index contributed by atoms with van der Waals surface area (Å²) in [4.78, 5) is 7.92. The van der Waals surface area contributed by atoms with Crippen molar-refractivity contribution in [1.82, 2.24) is 19.6 Å². The van der Waals surface area contributed by atoms with Gasteiger partial charge in [0, 0.05) is 5.56 Å². The number of fused-ring (bicyclic) bond motifs is 1. The van der Waals surface area contributed by atoms with E-state index in [1.807, 2.05) is 0 Å². The van der Waals surface area contributed by atoms with Gasteiger partial charge in [-0.15, -0.1) is 0 Å². The fourth-order valence-corrected chi connectivity index (χ4v) is 1.34. The minimum atomic E-state index is 0.178. The van der Waals surface area contributed by atoms with E-state index in [1.165, 1.54) is 4.52 Å². The smallest absolute Gasteiger partial charge is 0.226 e. The van der Waals surface area contributed by atoms with Gasteiger partial charge in [-0.3, -0.25) is 0 Å². The molecule has 2 rings (SSSR count). The molecule has 0 aliphatic rings. The molecular formula is C8H12N6. The minimum absolute atomic E-state index is 0.178. The highest BCUT2D eigenvalue weighted by molar-refractivity contribution is 5.53. The second kappa shape index (κ2) is 2.83. The maximum Gasteiger partial charge on any atom is 0.226 e. The Kier molecular flexibility index (Phi) is 1.77. The van der Waals surface area contributed by atoms with E-state index >= 15 is 0 Å². The van der Waals surface area contributed by atoms with Gasteiger partial charge in [-0.2, -0.15) is 19.6 Å². The van der Waals surface area contributed by atoms with Crippen LogP contribution in [0, 0.1) is 0 Å². The monoisotopic (exact) mass is 192 g/mol. The van der Waals surface area contributed by atoms with Crippen LogP contribution in [-0.4, -0.2) is 19.6 Å². The molecule has 74 valence electrons. The van der Waals surface area contributed by atoms with E-state index in [9.17, 15) is 0 Å². The van der Waals surface area contributed by atoms with Crippen LogP contribution in [0.3, 0.4) is 0 Å². The highest BCUT2D eigenvalue weighted by Gasteiger charge is 2.11. The van der Waals surface area contributed by atoms with Crippen molar-refractivity contribution in [2.45, 2.75) is 19.8 Å². The van der Waals surface area contributed by atoms with Crippen LogP contribution in [0.15, 0.2) is 6.20 Å². The van der Waals surface area contributed by atoms with Crippen molar-refractivity contribution in [3.05, 3.63) is 11.8 Å². The summed E-state index contributed by atoms with van der Waals surface area (Å²) in [5.41, 5.74) is 12.9. The number of nitrogen functional groups attached to an aromatic ring is 2. The zero-order valence-electron chi connectivity index (χ0n) is 8.10. The maximum absolute atomic E-state index is 5.64. The molecule has 0 saturated carbocycles. The first-order valence-corrected chi connectivity index (χ1v) is 4.36. The highest BCUT2D eigenvalue weighted by atomic mass is 15.3. The Morgan fingerprint density at radius 2 is 2.00 bits per heavy atom. The summed E-state index contributed by atoms with van der Waals surface area (Å²) in [7, 11) is 0. The van der Waals surface area contributed by atoms with E-state index in [1.54, 1.807) is 6.20 Å². The van der Waals surface area contributed by atoms with Gasteiger partial charge in [-0.25, -0.2) is 0 Å². The van der Waals surface area contributed by atoms with Crippen molar-refractivity contribution in [2.75, 3.05) is 11.5 Å². The van der Waals surface area contributed by atoms with E-state index in [4.69, 9.17) is 11.5 Å². The standard InChI is InChI=1S/C8H12N6/c1-4(2)5-3-11-14-6(5)12-7(9)13-8(14)10/h3-4H,1-2H3,(H4,9,10,12,13). The molecular weight excluding hydrogens is 180 g/mol. The Balaban J connectivity index is 2.78. The molecule has 0 atom stereocenters. The molecule has 0 fully saturated rings. The molecule has 0 radical (unpaired) electrons. The van der Waals surface area contributed by atoms with Crippen LogP contribution in [0.5, 0.6) is 0 Å². The van der Waals surface area contributed by atoms with Crippen molar-refractivity contribution in [3.8, 4) is 0 Å². The third-order valence-corrected chi connectivity index (χ3v) is 2.06. The lowest BCUT2D eigenvalue weighted by Crippen LogP contribution is -2.07. The fraction of sp³-hybridized carbons (Fsp3) is 0.375. The van der Waals surface area contributed by atoms with E-state index in [2.05, 4.69) is 28.9 Å². The van der Waals surface area contributed by atoms with Crippen molar-refractivity contribution in [3.63, 3.8) is 0 Å². The first-order chi connectivity index (χ1) is 6.59. The Morgan fingerprint density at radius 3 is 2.64 bits per heavy atom. The summed E-state index contributed by atoms with van der Waals surface area (Å²) in [5, 5.41) is 4.09. The van der Waals surface area contributed by atoms with Crippen LogP contribution in [0.2, 0.25) is 0 Å². The van der Waals surface area contributed by atoms with Gasteiger partial charge in [-0.1, -0.05) is 13.8 Å². The van der Waals surface area contributed by atoms with Crippen molar-refractivity contribution >= 4 is 17.5 Å². The molecule has 0 aliphatic carbocycles. The molecule has 2 heterocycles. The number of hydrogen-bond donors (Lipinski definition) is 2. The number of anilines is 2. The zero-order valence-corrected chi connectivity index (χ0v) is 8.10. The molecule has 6 nitrogen and oxygen atoms in total. The fourth-order valence-electron chi connectivity index (χ4n) is 1.34. The van der Waals surface area contributed by atoms with Gasteiger partial charge in [0.05, 0.1) is 6.20 Å². The van der Waals surface area contributed by atoms with Gasteiger partial charge in [0.25, 0.3) is 0 Å². The van der Waals surface area contributed by atoms with Crippen molar-refractivity contribution < 1.29 is 0 Å². The number of nitrogens with two attached hydrogens (primary N) is 2. The molecule has 0 amide bonds. The Hall–Kier alpha value is -1.85. The SMILES string of the molecule is CC(C)c1cnn2c(N)nc(N)nc12. The molecule has 4 N–H and O–H groups in total. The van der Waals surface area contributed by atoms with Gasteiger partial charge in [0.15, 0.2) is 5.65 Å². The summed E-state index contributed by atoms with van der Waals surface area (Å²) in [6, 6.07) is 0. The predicted molar refractivity (Wildman–Crippen MR) is 53.7 cm³/mol. The van der Waals surface area contributed by atoms with Crippen LogP contribution in [0.25, 0.3) is 5.65 Å². The van der Waals surface area contributed by atoms with Gasteiger partial charge in [0.1, 0.15) is 0 Å². The lowest BCUT2D eigenvalue weighted by molar-refractivity contribution is 0.870. The van der Waals surface area contributed by atoms with Gasteiger partial charge in [-0.05, 0) is 5.92 Å². The van der Waals surface area contributed by atoms with Crippen molar-refractivity contribution in [2.24, 2.45) is 0 Å². The first kappa shape index (κ1) is 8.74. The van der Waals surface area contributed by atoms with E-state index in [0.717, 1.165) is 5.56 Å². The number of nitrogens with zero attached hydrogens (tertiary/aromatic N) is 4. The summed E-state index contributed by atoms with van der Waals surface area (Å²) in [5.74, 6) is 0.776. The number of rotatable bonds is 1. The van der Waals surface area contributed by atoms with Gasteiger partial charge >= 0.3 is 0 Å². The number of hydrogen-bond acceptors (Lipinski definition) is 5. The average molecular weight is 192 g/mol. The molecule has 0 aromatic carbocycles. The quantitative estimate of drug-likeness (QED) is 0.682. The zero-order chi connectivity index (χ0) is 10.3. The average Bonchev–Trinajstić information content (AvgIpc) is 2.47. The van der Waals surface area contributed by atoms with Crippen LogP contribution in [0.1, 0.15) is 25.3 Å². The Morgan fingerprint density at radius 1 is 1.29 bits per heavy atom. The van der Waals surface area contributed by atoms with Crippen LogP contribution in [0.4, 0.5) is 11.9 Å². The summed E-state index contributed by atoms with van der Waals surface area (Å²) >= 11 is 0. The predicted octanol–water partition coefficient (Wildman–Crippen LogP) is 0.412. The lowest BCUT2D eigenvalue weighted by atomic mass is 10.1. The second-order valence-corrected chi connectivity index (χ2v) is 3.43. The third-order valence-electron chi connectivity index (χ3n) is 2.06. The summed E-state index contributed by atoms with van der Waals surface area (Å²) < 4.78 is 1.49. The molecule has 2 aromatic heterocycles. The third kappa shape index (κ3) is 1.15. The topological polar surface area (TPSA) is 95.1 Å². The largest absolute Gasteiger partial charge is 0.368 e. The highest BCUT2D eigenvalue weighted by Crippen LogP contribution is 2.19. The van der Waals surface area contributed by atoms with Crippen LogP contribution in [-0.2, 0) is 0 Å². The Bertz CT molecular complexity index is 472. The second-order valence-electron chi connectivity index (χ2n) is 3.43. The number of aromatic nitrogens is 4. The molecule has 0 unspecified atom stereocenters. The van der Waals surface area contributed by atoms with E-state index < -0.39 is 0 Å². The first-order valence-electron chi connectivity index (χ1n) is 4.36. The van der Waals surface area contributed by atoms with Crippen molar-refractivity contribution in [1.29, 1.82) is 0 Å². The van der Waals surface area contributed by atoms with Gasteiger partial charge < -0.3 is 11.5 Å². The summed E-state index contributed by atoms with van der Waals surface area (Å²) in [6.07, 6.45) is 1.74. The molecule has 6 heteroatoms. The molecule has 2 aromatic rings. The molecule has 0 aliphatic heterocycles. The maximum atomic E-state index is 5.64. The molecule has 0 saturated heterocycles. The normalized spacial score (nSPS) is 11.4. The molecule has 0 spiro atoms. The van der Waals surface area contributed by atoms with Gasteiger partial charge in [0.2, 0.25) is 11.9 Å². The lowest BCUT2D eigenvalue weighted by Gasteiger charge is -2.02. The molecule has 14 heavy (non-hydrogen) atoms. The minimum Gasteiger partial charge on any atom is -0.368 e. The summed E-state index contributed by atoms with van der Waals surface area (Å²) in [6.45, 7) is 4.12. The van der Waals surface area contributed by atoms with Crippen LogP contribution >= 0.6 is 0 Å².